The Morgan fingerprint density at radius 1 is 1.37 bits per heavy atom. The molecule has 1 aromatic carbocycles. The lowest BCUT2D eigenvalue weighted by Crippen LogP contribution is -2.35. The van der Waals surface area contributed by atoms with E-state index in [0.29, 0.717) is 18.0 Å². The maximum Gasteiger partial charge on any atom is 0.318 e. The number of fused-ring (bicyclic) bond motifs is 1. The zero-order chi connectivity index (χ0) is 13.7. The number of para-hydroxylation sites is 2. The van der Waals surface area contributed by atoms with E-state index in [1.54, 1.807) is 25.1 Å². The molecule has 0 aliphatic carbocycles. The van der Waals surface area contributed by atoms with Crippen molar-refractivity contribution in [3.05, 3.63) is 24.3 Å². The Kier molecular flexibility index (Phi) is 4.22. The first-order valence-electron chi connectivity index (χ1n) is 6.03. The van der Waals surface area contributed by atoms with E-state index in [1.165, 1.54) is 0 Å². The third kappa shape index (κ3) is 3.61. The minimum atomic E-state index is -0.822. The Labute approximate surface area is 110 Å². The third-order valence-electron chi connectivity index (χ3n) is 2.42. The van der Waals surface area contributed by atoms with E-state index in [2.05, 4.69) is 5.32 Å². The van der Waals surface area contributed by atoms with E-state index < -0.39 is 12.3 Å². The number of carbonyl (C=O) groups is 2. The van der Waals surface area contributed by atoms with E-state index in [0.717, 1.165) is 0 Å². The van der Waals surface area contributed by atoms with Crippen molar-refractivity contribution in [2.45, 2.75) is 19.6 Å². The molecule has 0 fully saturated rings. The Morgan fingerprint density at radius 3 is 2.84 bits per heavy atom. The van der Waals surface area contributed by atoms with Gasteiger partial charge in [-0.05, 0) is 19.1 Å². The molecule has 0 saturated heterocycles. The Hall–Kier alpha value is -2.24. The van der Waals surface area contributed by atoms with Gasteiger partial charge in [0.1, 0.15) is 6.42 Å². The number of benzene rings is 1. The van der Waals surface area contributed by atoms with E-state index in [1.807, 2.05) is 6.07 Å². The molecule has 1 unspecified atom stereocenters. The highest BCUT2D eigenvalue weighted by atomic mass is 16.7. The number of esters is 1. The van der Waals surface area contributed by atoms with Crippen LogP contribution in [0.25, 0.3) is 0 Å². The summed E-state index contributed by atoms with van der Waals surface area (Å²) in [4.78, 5) is 22.7. The smallest absolute Gasteiger partial charge is 0.318 e. The maximum absolute atomic E-state index is 11.5. The van der Waals surface area contributed by atoms with E-state index in [4.69, 9.17) is 14.2 Å². The van der Waals surface area contributed by atoms with Gasteiger partial charge in [0.2, 0.25) is 5.91 Å². The quantitative estimate of drug-likeness (QED) is 0.645. The first-order chi connectivity index (χ1) is 9.19. The molecule has 19 heavy (non-hydrogen) atoms. The van der Waals surface area contributed by atoms with Gasteiger partial charge in [-0.25, -0.2) is 0 Å². The highest BCUT2D eigenvalue weighted by molar-refractivity contribution is 5.94. The van der Waals surface area contributed by atoms with E-state index in [9.17, 15) is 9.59 Å². The third-order valence-corrected chi connectivity index (χ3v) is 2.42. The normalized spacial score (nSPS) is 16.6. The van der Waals surface area contributed by atoms with Gasteiger partial charge in [0.25, 0.3) is 6.29 Å². The van der Waals surface area contributed by atoms with Crippen molar-refractivity contribution in [1.82, 2.24) is 5.32 Å². The number of rotatable bonds is 4. The van der Waals surface area contributed by atoms with Gasteiger partial charge >= 0.3 is 5.97 Å². The molecule has 1 amide bonds. The van der Waals surface area contributed by atoms with Crippen molar-refractivity contribution in [3.8, 4) is 11.5 Å². The monoisotopic (exact) mass is 265 g/mol. The Balaban J connectivity index is 1.85. The van der Waals surface area contributed by atoms with Crippen LogP contribution in [0.1, 0.15) is 13.3 Å². The second-order valence-corrected chi connectivity index (χ2v) is 3.93. The molecule has 1 aliphatic rings. The van der Waals surface area contributed by atoms with Crippen molar-refractivity contribution in [2.24, 2.45) is 0 Å². The van der Waals surface area contributed by atoms with Crippen molar-refractivity contribution in [3.63, 3.8) is 0 Å². The summed E-state index contributed by atoms with van der Waals surface area (Å²) in [5.41, 5.74) is 0. The van der Waals surface area contributed by atoms with E-state index >= 15 is 0 Å². The fourth-order valence-corrected chi connectivity index (χ4v) is 1.64. The SMILES string of the molecule is CCNC(=O)CC(=O)OC1COc2ccccc2O1. The van der Waals surface area contributed by atoms with Crippen LogP contribution in [-0.2, 0) is 14.3 Å². The van der Waals surface area contributed by atoms with Gasteiger partial charge < -0.3 is 19.5 Å². The molecule has 0 saturated carbocycles. The van der Waals surface area contributed by atoms with Gasteiger partial charge in [0.15, 0.2) is 18.1 Å². The van der Waals surface area contributed by atoms with Crippen LogP contribution in [0.3, 0.4) is 0 Å². The molecule has 102 valence electrons. The van der Waals surface area contributed by atoms with Crippen LogP contribution in [0.4, 0.5) is 0 Å². The number of nitrogens with one attached hydrogen (secondary N) is 1. The first-order valence-corrected chi connectivity index (χ1v) is 6.03. The van der Waals surface area contributed by atoms with Gasteiger partial charge in [-0.3, -0.25) is 9.59 Å². The Bertz CT molecular complexity index is 474. The molecule has 0 radical (unpaired) electrons. The molecule has 6 nitrogen and oxygen atoms in total. The van der Waals surface area contributed by atoms with E-state index in [-0.39, 0.29) is 18.9 Å². The molecule has 0 spiro atoms. The molecule has 1 aliphatic heterocycles. The predicted octanol–water partition coefficient (Wildman–Crippen LogP) is 0.853. The topological polar surface area (TPSA) is 73.9 Å². The van der Waals surface area contributed by atoms with Gasteiger partial charge in [-0.15, -0.1) is 0 Å². The summed E-state index contributed by atoms with van der Waals surface area (Å²) in [5.74, 6) is 0.117. The zero-order valence-electron chi connectivity index (χ0n) is 10.5. The number of carbonyl (C=O) groups excluding carboxylic acids is 2. The van der Waals surface area contributed by atoms with Crippen LogP contribution in [-0.4, -0.2) is 31.3 Å². The van der Waals surface area contributed by atoms with Gasteiger partial charge in [0, 0.05) is 6.54 Å². The molecule has 0 bridgehead atoms. The van der Waals surface area contributed by atoms with Crippen LogP contribution in [0.2, 0.25) is 0 Å². The number of amides is 1. The second-order valence-electron chi connectivity index (χ2n) is 3.93. The largest absolute Gasteiger partial charge is 0.482 e. The lowest BCUT2D eigenvalue weighted by atomic mass is 10.3. The molecule has 1 N–H and O–H groups in total. The molecule has 1 aromatic rings. The van der Waals surface area contributed by atoms with Crippen LogP contribution < -0.4 is 14.8 Å². The standard InChI is InChI=1S/C13H15NO5/c1-2-14-11(15)7-12(16)19-13-8-17-9-5-3-4-6-10(9)18-13/h3-6,13H,2,7-8H2,1H3,(H,14,15). The lowest BCUT2D eigenvalue weighted by Gasteiger charge is -2.25. The average Bonchev–Trinajstić information content (AvgIpc) is 2.38. The van der Waals surface area contributed by atoms with Crippen molar-refractivity contribution >= 4 is 11.9 Å². The summed E-state index contributed by atoms with van der Waals surface area (Å²) in [5, 5.41) is 2.52. The van der Waals surface area contributed by atoms with Crippen LogP contribution in [0.15, 0.2) is 24.3 Å². The Morgan fingerprint density at radius 2 is 2.11 bits per heavy atom. The highest BCUT2D eigenvalue weighted by Crippen LogP contribution is 2.31. The minimum absolute atomic E-state index is 0.109. The fraction of sp³-hybridized carbons (Fsp3) is 0.385. The zero-order valence-corrected chi connectivity index (χ0v) is 10.5. The van der Waals surface area contributed by atoms with Crippen LogP contribution >= 0.6 is 0 Å². The summed E-state index contributed by atoms with van der Waals surface area (Å²) in [7, 11) is 0. The summed E-state index contributed by atoms with van der Waals surface area (Å²) < 4.78 is 15.8. The summed E-state index contributed by atoms with van der Waals surface area (Å²) in [6.45, 7) is 2.36. The maximum atomic E-state index is 11.5. The number of hydrogen-bond acceptors (Lipinski definition) is 5. The van der Waals surface area contributed by atoms with Crippen molar-refractivity contribution in [1.29, 1.82) is 0 Å². The fourth-order valence-electron chi connectivity index (χ4n) is 1.64. The molecular weight excluding hydrogens is 250 g/mol. The first kappa shape index (κ1) is 13.2. The summed E-state index contributed by atoms with van der Waals surface area (Å²) >= 11 is 0. The molecule has 2 rings (SSSR count). The average molecular weight is 265 g/mol. The van der Waals surface area contributed by atoms with Crippen molar-refractivity contribution < 1.29 is 23.8 Å². The number of ether oxygens (including phenoxy) is 3. The van der Waals surface area contributed by atoms with Crippen LogP contribution in [0, 0.1) is 0 Å². The molecule has 6 heteroatoms. The predicted molar refractivity (Wildman–Crippen MR) is 65.7 cm³/mol. The molecule has 1 atom stereocenters. The molecule has 1 heterocycles. The molecule has 0 aromatic heterocycles. The highest BCUT2D eigenvalue weighted by Gasteiger charge is 2.24. The second kappa shape index (κ2) is 6.08. The van der Waals surface area contributed by atoms with Gasteiger partial charge in [0.05, 0.1) is 0 Å². The lowest BCUT2D eigenvalue weighted by molar-refractivity contribution is -0.171. The van der Waals surface area contributed by atoms with Crippen LogP contribution in [0.5, 0.6) is 11.5 Å². The summed E-state index contributed by atoms with van der Waals surface area (Å²) in [6, 6.07) is 7.10. The molecular formula is C13H15NO5. The van der Waals surface area contributed by atoms with Gasteiger partial charge in [-0.2, -0.15) is 0 Å². The minimum Gasteiger partial charge on any atom is -0.482 e. The summed E-state index contributed by atoms with van der Waals surface area (Å²) in [6.07, 6.45) is -1.15. The number of hydrogen-bond donors (Lipinski definition) is 1. The van der Waals surface area contributed by atoms with Gasteiger partial charge in [-0.1, -0.05) is 12.1 Å². The van der Waals surface area contributed by atoms with Crippen molar-refractivity contribution in [2.75, 3.05) is 13.2 Å².